The number of rotatable bonds is 5. The first-order valence-corrected chi connectivity index (χ1v) is 16.1. The van der Waals surface area contributed by atoms with Gasteiger partial charge in [-0.3, -0.25) is 4.79 Å². The molecule has 0 amide bonds. The number of allylic oxidation sites excluding steroid dienone is 1. The summed E-state index contributed by atoms with van der Waals surface area (Å²) >= 11 is 0.786. The van der Waals surface area contributed by atoms with E-state index in [0.717, 1.165) is 28.6 Å². The molecule has 3 fully saturated rings. The fourth-order valence-corrected chi connectivity index (χ4v) is 9.97. The molecule has 0 bridgehead atoms. The Kier molecular flexibility index (Phi) is 6.98. The molecule has 1 unspecified atom stereocenters. The van der Waals surface area contributed by atoms with Crippen LogP contribution in [0.4, 0.5) is 8.78 Å². The lowest BCUT2D eigenvalue weighted by molar-refractivity contribution is -0.229. The standard InChI is InChI=1S/C32H33F2N5O5S/c1-29-12-18-14-38-39(20-4-6-26(33)36-15-20)24(18)11-19(29)3-5-22-21-7-8-31(28(42)45-10-9-35,44-27(41)23-16-43-17-37-23)30(21,2)13-25(40)32(22,29)34/h4,6,11,14-15,17,21-23,25,40H,3,5,7-8,10,12-13,16H2,1-2H3/t21-,22-,23?,25-,29-,30-,31-,32-/m0/s1. The van der Waals surface area contributed by atoms with Crippen molar-refractivity contribution >= 4 is 35.3 Å². The van der Waals surface area contributed by atoms with Gasteiger partial charge >= 0.3 is 5.97 Å². The number of fused-ring (bicyclic) bond motifs is 6. The summed E-state index contributed by atoms with van der Waals surface area (Å²) in [5.74, 6) is -2.43. The normalized spacial score (nSPS) is 37.7. The first kappa shape index (κ1) is 30.0. The average molecular weight is 638 g/mol. The number of nitrogens with zero attached hydrogens (tertiary/aromatic N) is 5. The number of carbonyl (C=O) groups is 2. The third-order valence-electron chi connectivity index (χ3n) is 11.4. The average Bonchev–Trinajstić information content (AvgIpc) is 3.75. The Morgan fingerprint density at radius 1 is 1.27 bits per heavy atom. The van der Waals surface area contributed by atoms with Gasteiger partial charge in [0, 0.05) is 16.7 Å². The van der Waals surface area contributed by atoms with Crippen LogP contribution in [-0.4, -0.2) is 73.1 Å². The van der Waals surface area contributed by atoms with Gasteiger partial charge < -0.3 is 14.6 Å². The molecule has 2 aromatic rings. The van der Waals surface area contributed by atoms with Gasteiger partial charge in [-0.2, -0.15) is 14.8 Å². The summed E-state index contributed by atoms with van der Waals surface area (Å²) in [4.78, 5) is 34.9. The van der Waals surface area contributed by atoms with Crippen molar-refractivity contribution in [2.45, 2.75) is 75.8 Å². The SMILES string of the molecule is C[C@]12Cc3cnn(-c4ccc(F)nc4)c3C=C1CC[C@H]1[C@@H]3CC[C@](OC(=O)C4COC=N4)(C(=O)SCC#N)[C@@]3(C)C[C@H](O)[C@@]12F. The number of alkyl halides is 1. The van der Waals surface area contributed by atoms with Crippen molar-refractivity contribution in [3.05, 3.63) is 47.3 Å². The van der Waals surface area contributed by atoms with Crippen molar-refractivity contribution in [3.63, 3.8) is 0 Å². The summed E-state index contributed by atoms with van der Waals surface area (Å²) in [5.41, 5.74) is -2.80. The zero-order valence-corrected chi connectivity index (χ0v) is 25.7. The summed E-state index contributed by atoms with van der Waals surface area (Å²) in [6, 6.07) is 3.89. The number of aliphatic hydroxyl groups excluding tert-OH is 1. The van der Waals surface area contributed by atoms with Gasteiger partial charge in [-0.25, -0.2) is 23.8 Å². The van der Waals surface area contributed by atoms with Gasteiger partial charge in [-0.05, 0) is 68.2 Å². The maximum Gasteiger partial charge on any atom is 0.335 e. The van der Waals surface area contributed by atoms with Gasteiger partial charge in [-0.15, -0.1) is 0 Å². The molecule has 1 aliphatic heterocycles. The second-order valence-corrected chi connectivity index (χ2v) is 14.2. The first-order valence-electron chi connectivity index (χ1n) is 15.2. The molecule has 0 spiro atoms. The molecule has 8 atom stereocenters. The summed E-state index contributed by atoms with van der Waals surface area (Å²) in [7, 11) is 0. The first-order chi connectivity index (χ1) is 21.5. The Hall–Kier alpha value is -3.63. The molecular weight excluding hydrogens is 604 g/mol. The van der Waals surface area contributed by atoms with E-state index in [2.05, 4.69) is 15.1 Å². The maximum absolute atomic E-state index is 18.1. The molecule has 1 N–H and O–H groups in total. The molecule has 236 valence electrons. The molecule has 2 aromatic heterocycles. The maximum atomic E-state index is 18.1. The molecule has 13 heteroatoms. The van der Waals surface area contributed by atoms with Gasteiger partial charge in [0.25, 0.3) is 0 Å². The third-order valence-corrected chi connectivity index (χ3v) is 12.2. The van der Waals surface area contributed by atoms with Crippen LogP contribution in [-0.2, 0) is 25.5 Å². The van der Waals surface area contributed by atoms with E-state index in [-0.39, 0.29) is 31.1 Å². The molecule has 4 aliphatic carbocycles. The lowest BCUT2D eigenvalue weighted by Crippen LogP contribution is -2.70. The molecule has 0 saturated heterocycles. The molecular formula is C32H33F2N5O5S. The van der Waals surface area contributed by atoms with Gasteiger partial charge in [0.2, 0.25) is 11.1 Å². The van der Waals surface area contributed by atoms with Crippen LogP contribution in [0.2, 0.25) is 0 Å². The number of aliphatic hydroxyl groups is 1. The molecule has 0 radical (unpaired) electrons. The Bertz CT molecular complexity index is 1670. The third kappa shape index (κ3) is 4.10. The van der Waals surface area contributed by atoms with Crippen LogP contribution >= 0.6 is 11.8 Å². The number of thioether (sulfide) groups is 1. The quantitative estimate of drug-likeness (QED) is 0.378. The Morgan fingerprint density at radius 2 is 2.09 bits per heavy atom. The van der Waals surface area contributed by atoms with E-state index in [9.17, 15) is 24.3 Å². The zero-order valence-electron chi connectivity index (χ0n) is 24.9. The largest absolute Gasteiger partial charge is 0.481 e. The molecule has 3 saturated carbocycles. The van der Waals surface area contributed by atoms with Crippen LogP contribution in [0, 0.1) is 39.9 Å². The minimum atomic E-state index is -2.04. The van der Waals surface area contributed by atoms with E-state index in [1.165, 1.54) is 18.7 Å². The van der Waals surface area contributed by atoms with E-state index in [0.29, 0.717) is 31.4 Å². The van der Waals surface area contributed by atoms with Gasteiger partial charge in [0.15, 0.2) is 18.0 Å². The smallest absolute Gasteiger partial charge is 0.335 e. The highest BCUT2D eigenvalue weighted by Gasteiger charge is 2.76. The summed E-state index contributed by atoms with van der Waals surface area (Å²) in [5, 5.41) is 25.2. The monoisotopic (exact) mass is 637 g/mol. The fraction of sp³-hybridized carbons (Fsp3) is 0.562. The zero-order chi connectivity index (χ0) is 31.8. The summed E-state index contributed by atoms with van der Waals surface area (Å²) in [6.07, 6.45) is 6.52. The number of ether oxygens (including phenoxy) is 2. The second-order valence-electron chi connectivity index (χ2n) is 13.3. The minimum absolute atomic E-state index is 0.00284. The molecule has 3 heterocycles. The lowest BCUT2D eigenvalue weighted by Gasteiger charge is -2.63. The van der Waals surface area contributed by atoms with E-state index < -0.39 is 57.2 Å². The van der Waals surface area contributed by atoms with Gasteiger partial charge in [-0.1, -0.05) is 31.2 Å². The van der Waals surface area contributed by atoms with Crippen molar-refractivity contribution in [2.24, 2.45) is 27.7 Å². The molecule has 45 heavy (non-hydrogen) atoms. The number of pyridine rings is 1. The topological polar surface area (TPSA) is 140 Å². The van der Waals surface area contributed by atoms with Crippen molar-refractivity contribution in [3.8, 4) is 11.8 Å². The highest BCUT2D eigenvalue weighted by atomic mass is 32.2. The number of aromatic nitrogens is 3. The van der Waals surface area contributed by atoms with Crippen LogP contribution in [0.25, 0.3) is 11.8 Å². The lowest BCUT2D eigenvalue weighted by atomic mass is 9.44. The summed E-state index contributed by atoms with van der Waals surface area (Å²) in [6.45, 7) is 3.69. The Balaban J connectivity index is 1.25. The highest BCUT2D eigenvalue weighted by Crippen LogP contribution is 2.71. The van der Waals surface area contributed by atoms with Crippen LogP contribution in [0.3, 0.4) is 0 Å². The van der Waals surface area contributed by atoms with Crippen LogP contribution in [0.5, 0.6) is 0 Å². The van der Waals surface area contributed by atoms with Crippen molar-refractivity contribution < 1.29 is 33.0 Å². The fourth-order valence-electron chi connectivity index (χ4n) is 9.16. The number of esters is 1. The minimum Gasteiger partial charge on any atom is -0.481 e. The Labute approximate surface area is 262 Å². The van der Waals surface area contributed by atoms with E-state index in [1.54, 1.807) is 16.9 Å². The molecule has 5 aliphatic rings. The van der Waals surface area contributed by atoms with Gasteiger partial charge in [0.1, 0.15) is 12.3 Å². The Morgan fingerprint density at radius 3 is 2.80 bits per heavy atom. The van der Waals surface area contributed by atoms with Crippen LogP contribution in [0.1, 0.15) is 57.2 Å². The van der Waals surface area contributed by atoms with Crippen molar-refractivity contribution in [2.75, 3.05) is 12.4 Å². The van der Waals surface area contributed by atoms with Crippen LogP contribution < -0.4 is 0 Å². The number of aliphatic imine (C=N–C) groups is 1. The molecule has 10 nitrogen and oxygen atoms in total. The number of hydrogen-bond donors (Lipinski definition) is 1. The summed E-state index contributed by atoms with van der Waals surface area (Å²) < 4.78 is 44.5. The van der Waals surface area contributed by atoms with Crippen LogP contribution in [0.15, 0.2) is 35.1 Å². The van der Waals surface area contributed by atoms with Crippen molar-refractivity contribution in [1.82, 2.24) is 14.8 Å². The number of hydrogen-bond acceptors (Lipinski definition) is 10. The van der Waals surface area contributed by atoms with E-state index in [1.807, 2.05) is 26.0 Å². The van der Waals surface area contributed by atoms with E-state index in [4.69, 9.17) is 9.47 Å². The van der Waals surface area contributed by atoms with Gasteiger partial charge in [0.05, 0.1) is 41.7 Å². The number of halogens is 2. The molecule has 0 aromatic carbocycles. The number of nitriles is 1. The van der Waals surface area contributed by atoms with Crippen molar-refractivity contribution in [1.29, 1.82) is 5.26 Å². The molecule has 7 rings (SSSR count). The second kappa shape index (κ2) is 10.5. The van der Waals surface area contributed by atoms with E-state index >= 15 is 4.39 Å². The highest BCUT2D eigenvalue weighted by molar-refractivity contribution is 8.14. The predicted octanol–water partition coefficient (Wildman–Crippen LogP) is 4.14. The number of carbonyl (C=O) groups excluding carboxylic acids is 2. The predicted molar refractivity (Wildman–Crippen MR) is 159 cm³/mol.